The maximum atomic E-state index is 13.0. The van der Waals surface area contributed by atoms with Gasteiger partial charge in [0.2, 0.25) is 5.91 Å². The summed E-state index contributed by atoms with van der Waals surface area (Å²) in [6.07, 6.45) is 0. The highest BCUT2D eigenvalue weighted by Crippen LogP contribution is 2.17. The predicted octanol–water partition coefficient (Wildman–Crippen LogP) is 2.54. The number of nitrogens with one attached hydrogen (secondary N) is 1. The fraction of sp³-hybridized carbons (Fsp3) is 0.435. The molecule has 0 saturated carbocycles. The van der Waals surface area contributed by atoms with Gasteiger partial charge < -0.3 is 14.8 Å². The minimum atomic E-state index is -0.272. The molecule has 1 heterocycles. The average Bonchev–Trinajstić information content (AvgIpc) is 2.79. The lowest BCUT2D eigenvalue weighted by atomic mass is 10.2. The van der Waals surface area contributed by atoms with Crippen LogP contribution < -0.4 is 14.8 Å². The van der Waals surface area contributed by atoms with Gasteiger partial charge in [0.1, 0.15) is 23.9 Å². The molecule has 1 aliphatic rings. The number of halogens is 1. The summed E-state index contributed by atoms with van der Waals surface area (Å²) in [7, 11) is 1.64. The molecule has 0 aromatic heterocycles. The highest BCUT2D eigenvalue weighted by atomic mass is 19.1. The van der Waals surface area contributed by atoms with Crippen LogP contribution in [0.15, 0.2) is 48.5 Å². The normalized spacial score (nSPS) is 16.1. The van der Waals surface area contributed by atoms with Gasteiger partial charge in [-0.25, -0.2) is 4.39 Å². The van der Waals surface area contributed by atoms with Crippen molar-refractivity contribution in [3.8, 4) is 11.5 Å². The SMILES string of the molecule is COc1ccc(OCCN2CCN([C@@H](C)C(=O)NCc3ccc(F)cc3)CC2)cc1. The Bertz CT molecular complexity index is 790. The first-order valence-corrected chi connectivity index (χ1v) is 10.3. The predicted molar refractivity (Wildman–Crippen MR) is 114 cm³/mol. The van der Waals surface area contributed by atoms with Crippen LogP contribution >= 0.6 is 0 Å². The molecule has 0 radical (unpaired) electrons. The Morgan fingerprint density at radius 1 is 1.03 bits per heavy atom. The number of hydrogen-bond donors (Lipinski definition) is 1. The van der Waals surface area contributed by atoms with Gasteiger partial charge >= 0.3 is 0 Å². The number of benzene rings is 2. The van der Waals surface area contributed by atoms with E-state index in [1.165, 1.54) is 12.1 Å². The van der Waals surface area contributed by atoms with Gasteiger partial charge in [0.15, 0.2) is 0 Å². The number of rotatable bonds is 9. The molecular weight excluding hydrogens is 385 g/mol. The smallest absolute Gasteiger partial charge is 0.237 e. The summed E-state index contributed by atoms with van der Waals surface area (Å²) in [5.41, 5.74) is 0.888. The van der Waals surface area contributed by atoms with Crippen molar-refractivity contribution < 1.29 is 18.7 Å². The Morgan fingerprint density at radius 3 is 2.30 bits per heavy atom. The van der Waals surface area contributed by atoms with E-state index in [1.54, 1.807) is 19.2 Å². The number of nitrogens with zero attached hydrogens (tertiary/aromatic N) is 2. The fourth-order valence-electron chi connectivity index (χ4n) is 3.44. The molecule has 1 saturated heterocycles. The molecule has 30 heavy (non-hydrogen) atoms. The first kappa shape index (κ1) is 22.1. The van der Waals surface area contributed by atoms with E-state index in [-0.39, 0.29) is 17.8 Å². The van der Waals surface area contributed by atoms with Crippen LogP contribution in [0.4, 0.5) is 4.39 Å². The van der Waals surface area contributed by atoms with Gasteiger partial charge in [0.05, 0.1) is 13.2 Å². The van der Waals surface area contributed by atoms with E-state index < -0.39 is 0 Å². The highest BCUT2D eigenvalue weighted by Gasteiger charge is 2.25. The lowest BCUT2D eigenvalue weighted by Gasteiger charge is -2.37. The van der Waals surface area contributed by atoms with Crippen molar-refractivity contribution >= 4 is 5.91 Å². The van der Waals surface area contributed by atoms with E-state index in [2.05, 4.69) is 15.1 Å². The quantitative estimate of drug-likeness (QED) is 0.682. The molecule has 2 aromatic rings. The van der Waals surface area contributed by atoms with Crippen molar-refractivity contribution in [2.24, 2.45) is 0 Å². The van der Waals surface area contributed by atoms with Crippen LogP contribution in [0, 0.1) is 5.82 Å². The Morgan fingerprint density at radius 2 is 1.67 bits per heavy atom. The Labute approximate surface area is 177 Å². The van der Waals surface area contributed by atoms with E-state index in [0.29, 0.717) is 13.2 Å². The Kier molecular flexibility index (Phi) is 8.04. The molecule has 6 nitrogen and oxygen atoms in total. The number of methoxy groups -OCH3 is 1. The average molecular weight is 416 g/mol. The zero-order valence-corrected chi connectivity index (χ0v) is 17.6. The van der Waals surface area contributed by atoms with Gasteiger partial charge in [0, 0.05) is 39.3 Å². The summed E-state index contributed by atoms with van der Waals surface area (Å²) in [6.45, 7) is 7.31. The molecule has 0 aliphatic carbocycles. The summed E-state index contributed by atoms with van der Waals surface area (Å²) in [5.74, 6) is 1.37. The molecule has 3 rings (SSSR count). The standard InChI is InChI=1S/C23H30FN3O3/c1-18(23(28)25-17-19-3-5-20(24)6-4-19)27-13-11-26(12-14-27)15-16-30-22-9-7-21(29-2)8-10-22/h3-10,18H,11-17H2,1-2H3,(H,25,28)/t18-/m0/s1. The molecule has 0 spiro atoms. The summed E-state index contributed by atoms with van der Waals surface area (Å²) in [4.78, 5) is 17.0. The second kappa shape index (κ2) is 10.9. The van der Waals surface area contributed by atoms with Gasteiger partial charge in [0.25, 0.3) is 0 Å². The van der Waals surface area contributed by atoms with Crippen molar-refractivity contribution in [1.29, 1.82) is 0 Å². The largest absolute Gasteiger partial charge is 0.497 e. The van der Waals surface area contributed by atoms with Gasteiger partial charge in [-0.15, -0.1) is 0 Å². The molecule has 1 fully saturated rings. The van der Waals surface area contributed by atoms with Crippen LogP contribution in [0.5, 0.6) is 11.5 Å². The molecule has 0 unspecified atom stereocenters. The maximum Gasteiger partial charge on any atom is 0.237 e. The topological polar surface area (TPSA) is 54.0 Å². The molecule has 7 heteroatoms. The van der Waals surface area contributed by atoms with E-state index in [9.17, 15) is 9.18 Å². The van der Waals surface area contributed by atoms with E-state index in [0.717, 1.165) is 49.8 Å². The number of amides is 1. The van der Waals surface area contributed by atoms with Crippen LogP contribution in [0.2, 0.25) is 0 Å². The van der Waals surface area contributed by atoms with Crippen LogP contribution in [-0.4, -0.2) is 68.2 Å². The lowest BCUT2D eigenvalue weighted by molar-refractivity contribution is -0.126. The zero-order chi connectivity index (χ0) is 21.3. The van der Waals surface area contributed by atoms with Crippen molar-refractivity contribution in [2.45, 2.75) is 19.5 Å². The first-order valence-electron chi connectivity index (χ1n) is 10.3. The second-order valence-electron chi connectivity index (χ2n) is 7.42. The summed E-state index contributed by atoms with van der Waals surface area (Å²) < 4.78 is 23.9. The van der Waals surface area contributed by atoms with Gasteiger partial charge in [-0.05, 0) is 48.9 Å². The molecule has 1 N–H and O–H groups in total. The second-order valence-corrected chi connectivity index (χ2v) is 7.42. The van der Waals surface area contributed by atoms with Gasteiger partial charge in [-0.1, -0.05) is 12.1 Å². The van der Waals surface area contributed by atoms with Crippen molar-refractivity contribution in [3.05, 3.63) is 59.9 Å². The third-order valence-electron chi connectivity index (χ3n) is 5.45. The molecule has 2 aromatic carbocycles. The van der Waals surface area contributed by atoms with Crippen LogP contribution in [-0.2, 0) is 11.3 Å². The lowest BCUT2D eigenvalue weighted by Crippen LogP contribution is -2.54. The number of carbonyl (C=O) groups excluding carboxylic acids is 1. The van der Waals surface area contributed by atoms with Crippen molar-refractivity contribution in [3.63, 3.8) is 0 Å². The summed E-state index contributed by atoms with van der Waals surface area (Å²) >= 11 is 0. The zero-order valence-electron chi connectivity index (χ0n) is 17.6. The highest BCUT2D eigenvalue weighted by molar-refractivity contribution is 5.81. The summed E-state index contributed by atoms with van der Waals surface area (Å²) in [5, 5.41) is 2.94. The molecule has 0 bridgehead atoms. The number of ether oxygens (including phenoxy) is 2. The number of piperazine rings is 1. The fourth-order valence-corrected chi connectivity index (χ4v) is 3.44. The van der Waals surface area contributed by atoms with E-state index in [4.69, 9.17) is 9.47 Å². The minimum absolute atomic E-state index is 0.00406. The van der Waals surface area contributed by atoms with Crippen molar-refractivity contribution in [1.82, 2.24) is 15.1 Å². The molecule has 1 atom stereocenters. The Balaban J connectivity index is 1.34. The molecule has 162 valence electrons. The molecular formula is C23H30FN3O3. The van der Waals surface area contributed by atoms with Crippen molar-refractivity contribution in [2.75, 3.05) is 46.4 Å². The van der Waals surface area contributed by atoms with Crippen LogP contribution in [0.25, 0.3) is 0 Å². The number of carbonyl (C=O) groups is 1. The summed E-state index contributed by atoms with van der Waals surface area (Å²) in [6, 6.07) is 13.6. The van der Waals surface area contributed by atoms with Gasteiger partial charge in [-0.2, -0.15) is 0 Å². The van der Waals surface area contributed by atoms with Crippen LogP contribution in [0.3, 0.4) is 0 Å². The number of hydrogen-bond acceptors (Lipinski definition) is 5. The first-order chi connectivity index (χ1) is 14.5. The van der Waals surface area contributed by atoms with E-state index >= 15 is 0 Å². The third kappa shape index (κ3) is 6.43. The van der Waals surface area contributed by atoms with Crippen LogP contribution in [0.1, 0.15) is 12.5 Å². The van der Waals surface area contributed by atoms with E-state index in [1.807, 2.05) is 31.2 Å². The molecule has 1 amide bonds. The molecule has 1 aliphatic heterocycles. The minimum Gasteiger partial charge on any atom is -0.497 e. The third-order valence-corrected chi connectivity index (χ3v) is 5.45. The Hall–Kier alpha value is -2.64. The van der Waals surface area contributed by atoms with Gasteiger partial charge in [-0.3, -0.25) is 14.6 Å². The maximum absolute atomic E-state index is 13.0. The monoisotopic (exact) mass is 415 g/mol.